The van der Waals surface area contributed by atoms with E-state index in [1.54, 1.807) is 65.5 Å². The van der Waals surface area contributed by atoms with Gasteiger partial charge in [-0.05, 0) is 42.8 Å². The van der Waals surface area contributed by atoms with Crippen molar-refractivity contribution in [3.8, 4) is 5.75 Å². The van der Waals surface area contributed by atoms with Crippen LogP contribution in [-0.4, -0.2) is 28.3 Å². The second-order valence-corrected chi connectivity index (χ2v) is 7.52. The van der Waals surface area contributed by atoms with Crippen LogP contribution in [0.5, 0.6) is 5.75 Å². The fourth-order valence-corrected chi connectivity index (χ4v) is 3.45. The summed E-state index contributed by atoms with van der Waals surface area (Å²) >= 11 is 0. The number of hydrogen-bond acceptors (Lipinski definition) is 5. The van der Waals surface area contributed by atoms with Gasteiger partial charge in [0.1, 0.15) is 5.75 Å². The van der Waals surface area contributed by atoms with E-state index in [1.165, 1.54) is 0 Å². The Bertz CT molecular complexity index is 1220. The highest BCUT2D eigenvalue weighted by Crippen LogP contribution is 2.27. The van der Waals surface area contributed by atoms with Crippen molar-refractivity contribution in [3.63, 3.8) is 0 Å². The molecule has 172 valence electrons. The number of para-hydroxylation sites is 2. The molecule has 0 fully saturated rings. The van der Waals surface area contributed by atoms with E-state index >= 15 is 0 Å². The van der Waals surface area contributed by atoms with Crippen molar-refractivity contribution in [2.45, 2.75) is 19.6 Å². The molecule has 3 aromatic carbocycles. The Morgan fingerprint density at radius 2 is 1.68 bits per heavy atom. The van der Waals surface area contributed by atoms with Crippen molar-refractivity contribution < 1.29 is 19.1 Å². The molecule has 1 N–H and O–H groups in total. The number of aromatic nitrogens is 2. The average molecular weight is 456 g/mol. The van der Waals surface area contributed by atoms with Gasteiger partial charge in [-0.2, -0.15) is 5.10 Å². The highest BCUT2D eigenvalue weighted by molar-refractivity contribution is 5.99. The van der Waals surface area contributed by atoms with Crippen molar-refractivity contribution in [2.75, 3.05) is 11.9 Å². The highest BCUT2D eigenvalue weighted by Gasteiger charge is 2.26. The summed E-state index contributed by atoms with van der Waals surface area (Å²) in [5.74, 6) is -0.515. The Morgan fingerprint density at radius 3 is 2.38 bits per heavy atom. The van der Waals surface area contributed by atoms with Crippen molar-refractivity contribution >= 4 is 17.6 Å². The quantitative estimate of drug-likeness (QED) is 0.364. The molecule has 1 heterocycles. The molecule has 7 nitrogen and oxygen atoms in total. The van der Waals surface area contributed by atoms with Gasteiger partial charge in [0.15, 0.2) is 0 Å². The standard InChI is InChI=1S/C27H25N3O4/c1-2-33-24-12-7-6-11-23(24)29-26(31)25(21-9-4-3-5-10-21)34-27(32)22-15-13-20(14-16-22)19-30-18-8-17-28-30/h3-18,25H,2,19H2,1H3,(H,29,31). The zero-order valence-corrected chi connectivity index (χ0v) is 18.8. The molecule has 4 rings (SSSR count). The van der Waals surface area contributed by atoms with Gasteiger partial charge in [-0.25, -0.2) is 4.79 Å². The molecule has 0 saturated heterocycles. The van der Waals surface area contributed by atoms with Gasteiger partial charge in [0, 0.05) is 18.0 Å². The largest absolute Gasteiger partial charge is 0.492 e. The molecule has 0 bridgehead atoms. The van der Waals surface area contributed by atoms with Crippen LogP contribution in [0.2, 0.25) is 0 Å². The summed E-state index contributed by atoms with van der Waals surface area (Å²) in [6.07, 6.45) is 2.45. The predicted molar refractivity (Wildman–Crippen MR) is 129 cm³/mol. The Morgan fingerprint density at radius 1 is 0.941 bits per heavy atom. The van der Waals surface area contributed by atoms with Gasteiger partial charge in [0.2, 0.25) is 6.10 Å². The predicted octanol–water partition coefficient (Wildman–Crippen LogP) is 4.87. The minimum Gasteiger partial charge on any atom is -0.492 e. The minimum atomic E-state index is -1.13. The molecular weight excluding hydrogens is 430 g/mol. The van der Waals surface area contributed by atoms with Crippen LogP contribution in [0.3, 0.4) is 0 Å². The average Bonchev–Trinajstić information content (AvgIpc) is 3.38. The summed E-state index contributed by atoms with van der Waals surface area (Å²) in [6, 6.07) is 25.0. The number of carbonyl (C=O) groups is 2. The third-order valence-corrected chi connectivity index (χ3v) is 5.10. The van der Waals surface area contributed by atoms with E-state index in [1.807, 2.05) is 43.5 Å². The zero-order chi connectivity index (χ0) is 23.8. The highest BCUT2D eigenvalue weighted by atomic mass is 16.5. The lowest BCUT2D eigenvalue weighted by molar-refractivity contribution is -0.125. The smallest absolute Gasteiger partial charge is 0.339 e. The third kappa shape index (κ3) is 5.69. The fourth-order valence-electron chi connectivity index (χ4n) is 3.45. The van der Waals surface area contributed by atoms with Crippen LogP contribution in [0.4, 0.5) is 5.69 Å². The van der Waals surface area contributed by atoms with Crippen LogP contribution in [0.15, 0.2) is 97.3 Å². The first-order chi connectivity index (χ1) is 16.6. The number of amides is 1. The van der Waals surface area contributed by atoms with Crippen LogP contribution in [0, 0.1) is 0 Å². The minimum absolute atomic E-state index is 0.354. The number of carbonyl (C=O) groups excluding carboxylic acids is 2. The number of esters is 1. The summed E-state index contributed by atoms with van der Waals surface area (Å²) in [5.41, 5.74) is 2.42. The maximum atomic E-state index is 13.2. The van der Waals surface area contributed by atoms with E-state index in [4.69, 9.17) is 9.47 Å². The number of rotatable bonds is 9. The van der Waals surface area contributed by atoms with Crippen LogP contribution in [0.1, 0.15) is 34.5 Å². The monoisotopic (exact) mass is 455 g/mol. The van der Waals surface area contributed by atoms with Gasteiger partial charge < -0.3 is 14.8 Å². The molecule has 0 spiro atoms. The lowest BCUT2D eigenvalue weighted by Gasteiger charge is -2.19. The summed E-state index contributed by atoms with van der Waals surface area (Å²) < 4.78 is 13.1. The maximum Gasteiger partial charge on any atom is 0.339 e. The zero-order valence-electron chi connectivity index (χ0n) is 18.8. The fraction of sp³-hybridized carbons (Fsp3) is 0.148. The summed E-state index contributed by atoms with van der Waals surface area (Å²) in [6.45, 7) is 2.92. The first-order valence-corrected chi connectivity index (χ1v) is 11.0. The van der Waals surface area contributed by atoms with E-state index in [2.05, 4.69) is 10.4 Å². The first kappa shape index (κ1) is 22.8. The molecule has 0 aliphatic heterocycles. The van der Waals surface area contributed by atoms with Gasteiger partial charge in [0.25, 0.3) is 5.91 Å². The molecule has 0 aliphatic rings. The third-order valence-electron chi connectivity index (χ3n) is 5.10. The summed E-state index contributed by atoms with van der Waals surface area (Å²) in [4.78, 5) is 26.2. The molecule has 1 amide bonds. The lowest BCUT2D eigenvalue weighted by Crippen LogP contribution is -2.26. The van der Waals surface area contributed by atoms with Crippen LogP contribution >= 0.6 is 0 Å². The molecule has 34 heavy (non-hydrogen) atoms. The molecule has 7 heteroatoms. The number of benzene rings is 3. The molecule has 1 unspecified atom stereocenters. The molecule has 0 radical (unpaired) electrons. The molecule has 1 atom stereocenters. The van der Waals surface area contributed by atoms with Crippen LogP contribution in [0.25, 0.3) is 0 Å². The summed E-state index contributed by atoms with van der Waals surface area (Å²) in [5, 5.41) is 7.02. The van der Waals surface area contributed by atoms with Gasteiger partial charge >= 0.3 is 5.97 Å². The number of nitrogens with one attached hydrogen (secondary N) is 1. The Kier molecular flexibility index (Phi) is 7.35. The van der Waals surface area contributed by atoms with Crippen LogP contribution < -0.4 is 10.1 Å². The molecule has 0 aliphatic carbocycles. The van der Waals surface area contributed by atoms with E-state index in [0.29, 0.717) is 35.7 Å². The number of anilines is 1. The second-order valence-electron chi connectivity index (χ2n) is 7.52. The molecule has 4 aromatic rings. The van der Waals surface area contributed by atoms with E-state index in [9.17, 15) is 9.59 Å². The molecular formula is C27H25N3O4. The van der Waals surface area contributed by atoms with Crippen molar-refractivity contribution in [1.29, 1.82) is 0 Å². The SMILES string of the molecule is CCOc1ccccc1NC(=O)C(OC(=O)c1ccc(Cn2cccn2)cc1)c1ccccc1. The van der Waals surface area contributed by atoms with Crippen molar-refractivity contribution in [1.82, 2.24) is 9.78 Å². The molecule has 0 saturated carbocycles. The van der Waals surface area contributed by atoms with E-state index in [-0.39, 0.29) is 0 Å². The molecule has 1 aromatic heterocycles. The van der Waals surface area contributed by atoms with Crippen LogP contribution in [-0.2, 0) is 16.1 Å². The van der Waals surface area contributed by atoms with Gasteiger partial charge in [-0.3, -0.25) is 9.48 Å². The summed E-state index contributed by atoms with van der Waals surface area (Å²) in [7, 11) is 0. The van der Waals surface area contributed by atoms with Crippen molar-refractivity contribution in [3.05, 3.63) is 114 Å². The first-order valence-electron chi connectivity index (χ1n) is 11.0. The van der Waals surface area contributed by atoms with E-state index in [0.717, 1.165) is 5.56 Å². The van der Waals surface area contributed by atoms with E-state index < -0.39 is 18.0 Å². The van der Waals surface area contributed by atoms with Gasteiger partial charge in [-0.1, -0.05) is 54.6 Å². The normalized spacial score (nSPS) is 11.4. The lowest BCUT2D eigenvalue weighted by atomic mass is 10.1. The van der Waals surface area contributed by atoms with Gasteiger partial charge in [-0.15, -0.1) is 0 Å². The van der Waals surface area contributed by atoms with Gasteiger partial charge in [0.05, 0.1) is 24.4 Å². The Labute approximate surface area is 197 Å². The number of hydrogen-bond donors (Lipinski definition) is 1. The Hall–Kier alpha value is -4.39. The Balaban J connectivity index is 1.51. The number of ether oxygens (including phenoxy) is 2. The topological polar surface area (TPSA) is 82.5 Å². The maximum absolute atomic E-state index is 13.2. The van der Waals surface area contributed by atoms with Crippen molar-refractivity contribution in [2.24, 2.45) is 0 Å². The second kappa shape index (κ2) is 11.0. The number of nitrogens with zero attached hydrogens (tertiary/aromatic N) is 2.